The number of aryl methyl sites for hydroxylation is 1. The number of rotatable bonds is 6. The van der Waals surface area contributed by atoms with E-state index in [0.717, 1.165) is 5.56 Å². The van der Waals surface area contributed by atoms with Gasteiger partial charge < -0.3 is 19.3 Å². The van der Waals surface area contributed by atoms with Gasteiger partial charge in [0.1, 0.15) is 23.0 Å². The second-order valence-electron chi connectivity index (χ2n) is 6.13. The van der Waals surface area contributed by atoms with Gasteiger partial charge in [-0.3, -0.25) is 0 Å². The van der Waals surface area contributed by atoms with Crippen LogP contribution in [0.1, 0.15) is 28.9 Å². The molecule has 2 N–H and O–H groups in total. The summed E-state index contributed by atoms with van der Waals surface area (Å²) in [7, 11) is 0. The topological polar surface area (TPSA) is 130 Å². The predicted molar refractivity (Wildman–Crippen MR) is 111 cm³/mol. The Morgan fingerprint density at radius 3 is 2.70 bits per heavy atom. The summed E-state index contributed by atoms with van der Waals surface area (Å²) in [6.45, 7) is 3.61. The SMILES string of the molecule is CCOC(=O)c1c(C)oc2nc(CSc3nnc(-c4ccc(Cl)cc4)o3)nc(N)c12. The highest BCUT2D eigenvalue weighted by Gasteiger charge is 2.24. The van der Waals surface area contributed by atoms with E-state index in [1.165, 1.54) is 11.8 Å². The second-order valence-corrected chi connectivity index (χ2v) is 7.49. The number of benzene rings is 1. The molecule has 0 bridgehead atoms. The van der Waals surface area contributed by atoms with E-state index < -0.39 is 5.97 Å². The number of anilines is 1. The van der Waals surface area contributed by atoms with Crippen LogP contribution in [-0.2, 0) is 10.5 Å². The quantitative estimate of drug-likeness (QED) is 0.338. The summed E-state index contributed by atoms with van der Waals surface area (Å²) in [6.07, 6.45) is 0. The maximum atomic E-state index is 12.2. The van der Waals surface area contributed by atoms with Crippen molar-refractivity contribution in [3.8, 4) is 11.5 Å². The van der Waals surface area contributed by atoms with Crippen molar-refractivity contribution in [2.24, 2.45) is 0 Å². The summed E-state index contributed by atoms with van der Waals surface area (Å²) in [5.74, 6) is 1.09. The first-order valence-corrected chi connectivity index (χ1v) is 10.3. The summed E-state index contributed by atoms with van der Waals surface area (Å²) in [4.78, 5) is 20.8. The molecule has 0 aliphatic rings. The average Bonchev–Trinajstić information content (AvgIpc) is 3.31. The Hall–Kier alpha value is -3.11. The van der Waals surface area contributed by atoms with Crippen LogP contribution in [0.4, 0.5) is 5.82 Å². The molecule has 4 rings (SSSR count). The average molecular weight is 446 g/mol. The Bertz CT molecular complexity index is 1220. The molecule has 154 valence electrons. The number of nitrogens with zero attached hydrogens (tertiary/aromatic N) is 4. The molecule has 0 amide bonds. The van der Waals surface area contributed by atoms with Crippen molar-refractivity contribution in [3.63, 3.8) is 0 Å². The van der Waals surface area contributed by atoms with E-state index in [-0.39, 0.29) is 23.7 Å². The van der Waals surface area contributed by atoms with E-state index in [2.05, 4.69) is 20.2 Å². The Balaban J connectivity index is 1.54. The van der Waals surface area contributed by atoms with E-state index in [4.69, 9.17) is 30.9 Å². The molecular formula is C19H16ClN5O4S. The van der Waals surface area contributed by atoms with Crippen molar-refractivity contribution >= 4 is 46.2 Å². The minimum Gasteiger partial charge on any atom is -0.462 e. The molecule has 0 aliphatic heterocycles. The molecule has 0 atom stereocenters. The molecule has 3 heterocycles. The van der Waals surface area contributed by atoms with Crippen LogP contribution in [0.25, 0.3) is 22.6 Å². The fourth-order valence-electron chi connectivity index (χ4n) is 2.80. The lowest BCUT2D eigenvalue weighted by Crippen LogP contribution is -2.07. The van der Waals surface area contributed by atoms with Gasteiger partial charge in [0, 0.05) is 10.6 Å². The number of hydrogen-bond donors (Lipinski definition) is 1. The van der Waals surface area contributed by atoms with Gasteiger partial charge >= 0.3 is 5.97 Å². The zero-order valence-electron chi connectivity index (χ0n) is 16.0. The van der Waals surface area contributed by atoms with Crippen LogP contribution in [0.2, 0.25) is 5.02 Å². The number of furan rings is 1. The van der Waals surface area contributed by atoms with Gasteiger partial charge in [-0.1, -0.05) is 23.4 Å². The molecule has 9 nitrogen and oxygen atoms in total. The van der Waals surface area contributed by atoms with Crippen molar-refractivity contribution in [2.45, 2.75) is 24.8 Å². The first kappa shape index (κ1) is 20.2. The first-order chi connectivity index (χ1) is 14.5. The molecule has 0 spiro atoms. The van der Waals surface area contributed by atoms with E-state index in [1.807, 2.05) is 0 Å². The lowest BCUT2D eigenvalue weighted by atomic mass is 10.2. The molecule has 1 aromatic carbocycles. The molecule has 0 unspecified atom stereocenters. The van der Waals surface area contributed by atoms with Gasteiger partial charge in [0.25, 0.3) is 5.22 Å². The van der Waals surface area contributed by atoms with Crippen LogP contribution < -0.4 is 5.73 Å². The highest BCUT2D eigenvalue weighted by atomic mass is 35.5. The van der Waals surface area contributed by atoms with Crippen LogP contribution in [0, 0.1) is 6.92 Å². The number of fused-ring (bicyclic) bond motifs is 1. The van der Waals surface area contributed by atoms with Gasteiger partial charge in [0.2, 0.25) is 11.6 Å². The maximum absolute atomic E-state index is 12.2. The monoisotopic (exact) mass is 445 g/mol. The highest BCUT2D eigenvalue weighted by molar-refractivity contribution is 7.98. The number of nitrogens with two attached hydrogens (primary N) is 1. The third kappa shape index (κ3) is 3.96. The minimum absolute atomic E-state index is 0.142. The maximum Gasteiger partial charge on any atom is 0.342 e. The van der Waals surface area contributed by atoms with Gasteiger partial charge in [-0.15, -0.1) is 10.2 Å². The van der Waals surface area contributed by atoms with Crippen LogP contribution in [0.3, 0.4) is 0 Å². The van der Waals surface area contributed by atoms with Crippen LogP contribution in [0.5, 0.6) is 0 Å². The molecule has 0 saturated heterocycles. The van der Waals surface area contributed by atoms with Crippen molar-refractivity contribution < 1.29 is 18.4 Å². The summed E-state index contributed by atoms with van der Waals surface area (Å²) in [5, 5.41) is 9.37. The molecule has 0 fully saturated rings. The number of carbonyl (C=O) groups is 1. The fraction of sp³-hybridized carbons (Fsp3) is 0.211. The van der Waals surface area contributed by atoms with E-state index in [9.17, 15) is 4.79 Å². The van der Waals surface area contributed by atoms with E-state index >= 15 is 0 Å². The molecule has 0 radical (unpaired) electrons. The molecule has 0 aliphatic carbocycles. The van der Waals surface area contributed by atoms with Gasteiger partial charge in [0.05, 0.1) is 17.7 Å². The first-order valence-electron chi connectivity index (χ1n) is 8.91. The second kappa shape index (κ2) is 8.33. The Kier molecular flexibility index (Phi) is 5.60. The fourth-order valence-corrected chi connectivity index (χ4v) is 3.54. The summed E-state index contributed by atoms with van der Waals surface area (Å²) >= 11 is 7.15. The van der Waals surface area contributed by atoms with Crippen molar-refractivity contribution in [1.29, 1.82) is 0 Å². The Labute approximate surface area is 180 Å². The number of aromatic nitrogens is 4. The van der Waals surface area contributed by atoms with Crippen molar-refractivity contribution in [3.05, 3.63) is 46.4 Å². The van der Waals surface area contributed by atoms with E-state index in [1.54, 1.807) is 38.1 Å². The van der Waals surface area contributed by atoms with E-state index in [0.29, 0.717) is 38.9 Å². The lowest BCUT2D eigenvalue weighted by molar-refractivity contribution is 0.0526. The molecule has 11 heteroatoms. The molecule has 3 aromatic heterocycles. The van der Waals surface area contributed by atoms with Gasteiger partial charge in [-0.05, 0) is 38.1 Å². The number of nitrogen functional groups attached to an aromatic ring is 1. The third-order valence-corrected chi connectivity index (χ3v) is 5.17. The van der Waals surface area contributed by atoms with Gasteiger partial charge in [0.15, 0.2) is 0 Å². The molecule has 30 heavy (non-hydrogen) atoms. The summed E-state index contributed by atoms with van der Waals surface area (Å²) in [5.41, 5.74) is 7.31. The number of carbonyl (C=O) groups excluding carboxylic acids is 1. The van der Waals surface area contributed by atoms with Crippen LogP contribution in [-0.4, -0.2) is 32.7 Å². The number of esters is 1. The van der Waals surface area contributed by atoms with Crippen LogP contribution >= 0.6 is 23.4 Å². The largest absolute Gasteiger partial charge is 0.462 e. The van der Waals surface area contributed by atoms with Crippen molar-refractivity contribution in [1.82, 2.24) is 20.2 Å². The van der Waals surface area contributed by atoms with Crippen LogP contribution in [0.15, 0.2) is 38.3 Å². The normalized spacial score (nSPS) is 11.2. The highest BCUT2D eigenvalue weighted by Crippen LogP contribution is 2.31. The summed E-state index contributed by atoms with van der Waals surface area (Å²) < 4.78 is 16.3. The van der Waals surface area contributed by atoms with Gasteiger partial charge in [-0.2, -0.15) is 4.98 Å². The zero-order valence-corrected chi connectivity index (χ0v) is 17.6. The third-order valence-electron chi connectivity index (χ3n) is 4.10. The predicted octanol–water partition coefficient (Wildman–Crippen LogP) is 4.29. The molecule has 4 aromatic rings. The minimum atomic E-state index is -0.522. The number of ether oxygens (including phenoxy) is 1. The molecule has 0 saturated carbocycles. The van der Waals surface area contributed by atoms with Crippen molar-refractivity contribution in [2.75, 3.05) is 12.3 Å². The lowest BCUT2D eigenvalue weighted by Gasteiger charge is -2.03. The molecular weight excluding hydrogens is 430 g/mol. The Morgan fingerprint density at radius 1 is 1.20 bits per heavy atom. The Morgan fingerprint density at radius 2 is 1.97 bits per heavy atom. The standard InChI is InChI=1S/C19H16ClN5O4S/c1-3-27-18(26)13-9(2)28-17-14(13)15(21)22-12(23-17)8-30-19-25-24-16(29-19)10-4-6-11(20)7-5-10/h4-7H,3,8H2,1-2H3,(H2,21,22,23). The number of halogens is 1. The van der Waals surface area contributed by atoms with Gasteiger partial charge in [-0.25, -0.2) is 9.78 Å². The number of hydrogen-bond acceptors (Lipinski definition) is 10. The number of thioether (sulfide) groups is 1. The summed E-state index contributed by atoms with van der Waals surface area (Å²) in [6, 6.07) is 7.08. The smallest absolute Gasteiger partial charge is 0.342 e. The zero-order chi connectivity index (χ0) is 21.3.